The van der Waals surface area contributed by atoms with Crippen LogP contribution in [0.4, 0.5) is 0 Å². The van der Waals surface area contributed by atoms with Gasteiger partial charge in [0.1, 0.15) is 5.76 Å². The third kappa shape index (κ3) is 1.99. The maximum Gasteiger partial charge on any atom is 0.385 e. The van der Waals surface area contributed by atoms with Crippen LogP contribution in [0.15, 0.2) is 28.7 Å². The Labute approximate surface area is 119 Å². The van der Waals surface area contributed by atoms with E-state index in [0.717, 1.165) is 0 Å². The lowest BCUT2D eigenvalue weighted by Crippen LogP contribution is -2.33. The van der Waals surface area contributed by atoms with Gasteiger partial charge in [-0.05, 0) is 19.1 Å². The quantitative estimate of drug-likeness (QED) is 0.780. The van der Waals surface area contributed by atoms with Crippen molar-refractivity contribution in [2.24, 2.45) is 0 Å². The Balaban J connectivity index is 1.87. The van der Waals surface area contributed by atoms with Crippen LogP contribution < -0.4 is 0 Å². The van der Waals surface area contributed by atoms with E-state index in [1.807, 2.05) is 0 Å². The van der Waals surface area contributed by atoms with Gasteiger partial charge in [-0.3, -0.25) is 9.59 Å². The number of aromatic nitrogens is 1. The van der Waals surface area contributed by atoms with Crippen molar-refractivity contribution >= 4 is 17.8 Å². The topological polar surface area (TPSA) is 89.7 Å². The van der Waals surface area contributed by atoms with E-state index in [1.54, 1.807) is 26.0 Å². The van der Waals surface area contributed by atoms with E-state index in [9.17, 15) is 14.4 Å². The number of rotatable bonds is 2. The lowest BCUT2D eigenvalue weighted by atomic mass is 10.1. The van der Waals surface area contributed by atoms with Crippen LogP contribution in [-0.4, -0.2) is 27.8 Å². The number of nitrogens with zero attached hydrogens (tertiary/aromatic N) is 2. The molecule has 0 atom stereocenters. The summed E-state index contributed by atoms with van der Waals surface area (Å²) in [6, 6.07) is 6.24. The van der Waals surface area contributed by atoms with Crippen molar-refractivity contribution < 1.29 is 23.6 Å². The fraction of sp³-hybridized carbons (Fsp3) is 0.143. The Bertz CT molecular complexity index is 742. The Morgan fingerprint density at radius 3 is 2.19 bits per heavy atom. The average molecular weight is 286 g/mol. The molecule has 0 spiro atoms. The molecule has 0 aliphatic carbocycles. The smallest absolute Gasteiger partial charge is 0.385 e. The Morgan fingerprint density at radius 2 is 1.71 bits per heavy atom. The molecule has 0 saturated carbocycles. The SMILES string of the molecule is Cc1nc(C(=O)ON2C(=O)c3ccccc3C2=O)c(C)o1. The second-order valence-corrected chi connectivity index (χ2v) is 4.47. The Hall–Kier alpha value is -2.96. The number of hydrogen-bond donors (Lipinski definition) is 0. The molecule has 1 aliphatic heterocycles. The maximum absolute atomic E-state index is 12.0. The van der Waals surface area contributed by atoms with Crippen molar-refractivity contribution in [1.29, 1.82) is 0 Å². The monoisotopic (exact) mass is 286 g/mol. The molecule has 1 aliphatic rings. The molecule has 3 rings (SSSR count). The summed E-state index contributed by atoms with van der Waals surface area (Å²) in [6.45, 7) is 3.12. The number of hydroxylamine groups is 2. The summed E-state index contributed by atoms with van der Waals surface area (Å²) in [7, 11) is 0. The summed E-state index contributed by atoms with van der Waals surface area (Å²) in [6.07, 6.45) is 0. The van der Waals surface area contributed by atoms with E-state index in [0.29, 0.717) is 11.0 Å². The highest BCUT2D eigenvalue weighted by Crippen LogP contribution is 2.23. The molecule has 0 bridgehead atoms. The van der Waals surface area contributed by atoms with Crippen LogP contribution in [0.2, 0.25) is 0 Å². The molecule has 106 valence electrons. The van der Waals surface area contributed by atoms with Crippen LogP contribution in [0.5, 0.6) is 0 Å². The van der Waals surface area contributed by atoms with Gasteiger partial charge in [-0.2, -0.15) is 0 Å². The molecule has 1 aromatic carbocycles. The van der Waals surface area contributed by atoms with E-state index in [4.69, 9.17) is 9.25 Å². The maximum atomic E-state index is 12.0. The molecule has 21 heavy (non-hydrogen) atoms. The normalized spacial score (nSPS) is 13.5. The molecule has 0 saturated heterocycles. The van der Waals surface area contributed by atoms with Gasteiger partial charge in [0.25, 0.3) is 11.8 Å². The number of aryl methyl sites for hydroxylation is 2. The minimum atomic E-state index is -0.918. The number of fused-ring (bicyclic) bond motifs is 1. The Kier molecular flexibility index (Phi) is 2.83. The van der Waals surface area contributed by atoms with E-state index < -0.39 is 17.8 Å². The zero-order valence-corrected chi connectivity index (χ0v) is 11.2. The molecule has 0 fully saturated rings. The van der Waals surface area contributed by atoms with Gasteiger partial charge in [-0.15, -0.1) is 0 Å². The standard InChI is InChI=1S/C14H10N2O5/c1-7-11(15-8(2)20-7)14(19)21-16-12(17)9-5-3-4-6-10(9)13(16)18/h3-6H,1-2H3. The fourth-order valence-corrected chi connectivity index (χ4v) is 2.09. The Morgan fingerprint density at radius 1 is 1.14 bits per heavy atom. The average Bonchev–Trinajstić information content (AvgIpc) is 2.92. The number of oxazole rings is 1. The second-order valence-electron chi connectivity index (χ2n) is 4.47. The summed E-state index contributed by atoms with van der Waals surface area (Å²) < 4.78 is 5.12. The highest BCUT2D eigenvalue weighted by Gasteiger charge is 2.39. The van der Waals surface area contributed by atoms with Gasteiger partial charge in [-0.25, -0.2) is 9.78 Å². The van der Waals surface area contributed by atoms with Crippen LogP contribution in [0.3, 0.4) is 0 Å². The third-order valence-corrected chi connectivity index (χ3v) is 3.03. The van der Waals surface area contributed by atoms with E-state index in [-0.39, 0.29) is 22.6 Å². The van der Waals surface area contributed by atoms with Crippen LogP contribution >= 0.6 is 0 Å². The zero-order chi connectivity index (χ0) is 15.1. The summed E-state index contributed by atoms with van der Waals surface area (Å²) >= 11 is 0. The number of carbonyl (C=O) groups is 3. The van der Waals surface area contributed by atoms with E-state index in [1.165, 1.54) is 12.1 Å². The van der Waals surface area contributed by atoms with Crippen LogP contribution in [0.25, 0.3) is 0 Å². The van der Waals surface area contributed by atoms with Gasteiger partial charge in [0.05, 0.1) is 11.1 Å². The molecule has 0 unspecified atom stereocenters. The van der Waals surface area contributed by atoms with Crippen molar-refractivity contribution in [3.05, 3.63) is 52.7 Å². The fourth-order valence-electron chi connectivity index (χ4n) is 2.09. The van der Waals surface area contributed by atoms with Crippen molar-refractivity contribution in [2.75, 3.05) is 0 Å². The zero-order valence-electron chi connectivity index (χ0n) is 11.2. The number of carbonyl (C=O) groups excluding carboxylic acids is 3. The van der Waals surface area contributed by atoms with Crippen LogP contribution in [0.1, 0.15) is 42.9 Å². The minimum Gasteiger partial charge on any atom is -0.445 e. The molecule has 7 heteroatoms. The number of hydrogen-bond acceptors (Lipinski definition) is 6. The highest BCUT2D eigenvalue weighted by molar-refractivity contribution is 6.21. The summed E-state index contributed by atoms with van der Waals surface area (Å²) in [5.41, 5.74) is 0.329. The van der Waals surface area contributed by atoms with E-state index >= 15 is 0 Å². The van der Waals surface area contributed by atoms with Gasteiger partial charge in [-0.1, -0.05) is 17.2 Å². The molecule has 1 aromatic heterocycles. The molecule has 0 radical (unpaired) electrons. The summed E-state index contributed by atoms with van der Waals surface area (Å²) in [5.74, 6) is -1.72. The van der Waals surface area contributed by atoms with Crippen molar-refractivity contribution in [2.45, 2.75) is 13.8 Å². The molecule has 0 N–H and O–H groups in total. The van der Waals surface area contributed by atoms with Gasteiger partial charge in [0.2, 0.25) is 0 Å². The van der Waals surface area contributed by atoms with Crippen molar-refractivity contribution in [1.82, 2.24) is 10.0 Å². The van der Waals surface area contributed by atoms with Crippen LogP contribution in [0, 0.1) is 13.8 Å². The molecule has 2 amide bonds. The van der Waals surface area contributed by atoms with Gasteiger partial charge in [0, 0.05) is 6.92 Å². The molecule has 2 heterocycles. The molecular weight excluding hydrogens is 276 g/mol. The molecule has 7 nitrogen and oxygen atoms in total. The van der Waals surface area contributed by atoms with Gasteiger partial charge in [0.15, 0.2) is 11.6 Å². The number of benzene rings is 1. The second kappa shape index (κ2) is 4.55. The van der Waals surface area contributed by atoms with Crippen molar-refractivity contribution in [3.8, 4) is 0 Å². The van der Waals surface area contributed by atoms with Crippen LogP contribution in [-0.2, 0) is 4.84 Å². The molecular formula is C14H10N2O5. The predicted octanol–water partition coefficient (Wildman–Crippen LogP) is 1.66. The lowest BCUT2D eigenvalue weighted by molar-refractivity contribution is -0.0589. The van der Waals surface area contributed by atoms with E-state index in [2.05, 4.69) is 4.98 Å². The van der Waals surface area contributed by atoms with Crippen molar-refractivity contribution in [3.63, 3.8) is 0 Å². The summed E-state index contributed by atoms with van der Waals surface area (Å²) in [5, 5.41) is 0.441. The minimum absolute atomic E-state index is 0.0657. The summed E-state index contributed by atoms with van der Waals surface area (Å²) in [4.78, 5) is 44.8. The van der Waals surface area contributed by atoms with Gasteiger partial charge >= 0.3 is 5.97 Å². The predicted molar refractivity (Wildman–Crippen MR) is 68.3 cm³/mol. The van der Waals surface area contributed by atoms with Gasteiger partial charge < -0.3 is 9.25 Å². The third-order valence-electron chi connectivity index (χ3n) is 3.03. The number of imide groups is 1. The molecule has 2 aromatic rings. The first kappa shape index (κ1) is 13.0. The number of amides is 2. The largest absolute Gasteiger partial charge is 0.445 e. The first-order valence-corrected chi connectivity index (χ1v) is 6.13. The lowest BCUT2D eigenvalue weighted by Gasteiger charge is -2.11. The first-order valence-electron chi connectivity index (χ1n) is 6.13. The highest BCUT2D eigenvalue weighted by atomic mass is 16.7. The first-order chi connectivity index (χ1) is 9.99.